The highest BCUT2D eigenvalue weighted by Gasteiger charge is 2.09. The highest BCUT2D eigenvalue weighted by molar-refractivity contribution is 9.10. The molecule has 1 aromatic carbocycles. The van der Waals surface area contributed by atoms with Crippen molar-refractivity contribution in [3.63, 3.8) is 0 Å². The van der Waals surface area contributed by atoms with E-state index in [0.29, 0.717) is 16.7 Å². The van der Waals surface area contributed by atoms with Gasteiger partial charge in [-0.05, 0) is 41.1 Å². The van der Waals surface area contributed by atoms with Crippen LogP contribution in [0.1, 0.15) is 5.69 Å². The van der Waals surface area contributed by atoms with Gasteiger partial charge in [0.05, 0.1) is 0 Å². The van der Waals surface area contributed by atoms with Crippen LogP contribution in [0.25, 0.3) is 10.9 Å². The third-order valence-electron chi connectivity index (χ3n) is 2.80. The minimum Gasteiger partial charge on any atom is -0.435 e. The second-order valence-corrected chi connectivity index (χ2v) is 5.65. The van der Waals surface area contributed by atoms with Crippen LogP contribution >= 0.6 is 27.5 Å². The molecule has 3 nitrogen and oxygen atoms in total. The molecule has 5 heteroatoms. The molecule has 0 aliphatic heterocycles. The van der Waals surface area contributed by atoms with E-state index >= 15 is 0 Å². The Bertz CT molecular complexity index is 792. The van der Waals surface area contributed by atoms with Gasteiger partial charge in [0.1, 0.15) is 10.5 Å². The molecule has 0 aliphatic carbocycles. The molecule has 0 amide bonds. The summed E-state index contributed by atoms with van der Waals surface area (Å²) in [4.78, 5) is 8.69. The number of hydrogen-bond donors (Lipinski definition) is 0. The average molecular weight is 350 g/mol. The van der Waals surface area contributed by atoms with Crippen molar-refractivity contribution in [3.05, 3.63) is 57.8 Å². The van der Waals surface area contributed by atoms with Crippen LogP contribution in [0.4, 0.5) is 0 Å². The summed E-state index contributed by atoms with van der Waals surface area (Å²) in [7, 11) is 0. The van der Waals surface area contributed by atoms with Gasteiger partial charge >= 0.3 is 0 Å². The average Bonchev–Trinajstić information content (AvgIpc) is 2.42. The molecule has 2 aromatic heterocycles. The molecule has 3 rings (SSSR count). The molecule has 0 unspecified atom stereocenters. The van der Waals surface area contributed by atoms with Crippen LogP contribution < -0.4 is 4.74 Å². The van der Waals surface area contributed by atoms with Crippen LogP contribution in [-0.4, -0.2) is 9.97 Å². The molecule has 0 fully saturated rings. The van der Waals surface area contributed by atoms with E-state index in [1.54, 1.807) is 12.3 Å². The highest BCUT2D eigenvalue weighted by atomic mass is 79.9. The van der Waals surface area contributed by atoms with E-state index in [-0.39, 0.29) is 0 Å². The van der Waals surface area contributed by atoms with Crippen molar-refractivity contribution < 1.29 is 4.74 Å². The Kier molecular flexibility index (Phi) is 3.59. The summed E-state index contributed by atoms with van der Waals surface area (Å²) < 4.78 is 6.61. The van der Waals surface area contributed by atoms with Crippen molar-refractivity contribution >= 4 is 38.4 Å². The van der Waals surface area contributed by atoms with E-state index in [0.717, 1.165) is 21.1 Å². The first-order valence-corrected chi connectivity index (χ1v) is 7.16. The fourth-order valence-corrected chi connectivity index (χ4v) is 2.55. The number of nitrogens with zero attached hydrogens (tertiary/aromatic N) is 2. The van der Waals surface area contributed by atoms with Crippen molar-refractivity contribution in [3.8, 4) is 11.6 Å². The number of fused-ring (bicyclic) bond motifs is 1. The predicted molar refractivity (Wildman–Crippen MR) is 83.5 cm³/mol. The van der Waals surface area contributed by atoms with Crippen molar-refractivity contribution in [1.29, 1.82) is 0 Å². The second-order valence-electron chi connectivity index (χ2n) is 4.32. The first-order valence-electron chi connectivity index (χ1n) is 5.99. The number of aryl methyl sites for hydroxylation is 1. The zero-order chi connectivity index (χ0) is 14.1. The molecule has 0 saturated carbocycles. The van der Waals surface area contributed by atoms with Crippen LogP contribution in [0.15, 0.2) is 47.1 Å². The summed E-state index contributed by atoms with van der Waals surface area (Å²) in [5, 5.41) is 1.46. The maximum absolute atomic E-state index is 6.12. The molecule has 100 valence electrons. The Morgan fingerprint density at radius 1 is 1.20 bits per heavy atom. The lowest BCUT2D eigenvalue weighted by atomic mass is 10.2. The summed E-state index contributed by atoms with van der Waals surface area (Å²) in [6.45, 7) is 1.95. The number of ether oxygens (including phenoxy) is 1. The molecule has 20 heavy (non-hydrogen) atoms. The first kappa shape index (κ1) is 13.3. The van der Waals surface area contributed by atoms with Gasteiger partial charge in [-0.1, -0.05) is 29.8 Å². The topological polar surface area (TPSA) is 35.0 Å². The third kappa shape index (κ3) is 2.62. The van der Waals surface area contributed by atoms with Crippen molar-refractivity contribution in [2.45, 2.75) is 6.92 Å². The zero-order valence-electron chi connectivity index (χ0n) is 10.6. The number of pyridine rings is 2. The van der Waals surface area contributed by atoms with Gasteiger partial charge in [0.15, 0.2) is 5.75 Å². The van der Waals surface area contributed by atoms with E-state index in [4.69, 9.17) is 16.3 Å². The van der Waals surface area contributed by atoms with Gasteiger partial charge in [-0.2, -0.15) is 0 Å². The zero-order valence-corrected chi connectivity index (χ0v) is 12.9. The fourth-order valence-electron chi connectivity index (χ4n) is 1.88. The molecular formula is C15H10BrClN2O. The van der Waals surface area contributed by atoms with Crippen molar-refractivity contribution in [1.82, 2.24) is 9.97 Å². The minimum absolute atomic E-state index is 0.366. The van der Waals surface area contributed by atoms with E-state index in [2.05, 4.69) is 25.9 Å². The molecule has 2 heterocycles. The molecule has 0 atom stereocenters. The lowest BCUT2D eigenvalue weighted by Gasteiger charge is -2.09. The second kappa shape index (κ2) is 5.38. The Balaban J connectivity index is 2.08. The Morgan fingerprint density at radius 2 is 2.05 bits per heavy atom. The third-order valence-corrected chi connectivity index (χ3v) is 3.51. The molecule has 0 N–H and O–H groups in total. The lowest BCUT2D eigenvalue weighted by molar-refractivity contribution is 0.467. The number of rotatable bonds is 2. The van der Waals surface area contributed by atoms with Crippen molar-refractivity contribution in [2.24, 2.45) is 0 Å². The normalized spacial score (nSPS) is 10.8. The predicted octanol–water partition coefficient (Wildman–Crippen LogP) is 5.15. The smallest absolute Gasteiger partial charge is 0.238 e. The summed E-state index contributed by atoms with van der Waals surface area (Å²) in [5.74, 6) is 1.01. The summed E-state index contributed by atoms with van der Waals surface area (Å²) in [5.41, 5.74) is 1.73. The number of benzene rings is 1. The number of hydrogen-bond acceptors (Lipinski definition) is 3. The van der Waals surface area contributed by atoms with Crippen LogP contribution in [0, 0.1) is 6.92 Å². The monoisotopic (exact) mass is 348 g/mol. The largest absolute Gasteiger partial charge is 0.435 e. The van der Waals surface area contributed by atoms with E-state index in [1.165, 1.54) is 0 Å². The van der Waals surface area contributed by atoms with Gasteiger partial charge in [0.25, 0.3) is 0 Å². The molecule has 0 bridgehead atoms. The fraction of sp³-hybridized carbons (Fsp3) is 0.0667. The van der Waals surface area contributed by atoms with Gasteiger partial charge in [-0.15, -0.1) is 0 Å². The lowest BCUT2D eigenvalue weighted by Crippen LogP contribution is -1.92. The van der Waals surface area contributed by atoms with Gasteiger partial charge < -0.3 is 4.74 Å². The maximum Gasteiger partial charge on any atom is 0.238 e. The molecular weight excluding hydrogens is 340 g/mol. The molecule has 3 aromatic rings. The SMILES string of the molecule is Cc1ccc2cccc(Oc3ncc(Br)cc3Cl)c2n1. The van der Waals surface area contributed by atoms with Crippen LogP contribution in [-0.2, 0) is 0 Å². The molecule has 0 spiro atoms. The number of para-hydroxylation sites is 1. The maximum atomic E-state index is 6.12. The van der Waals surface area contributed by atoms with E-state index in [9.17, 15) is 0 Å². The first-order chi connectivity index (χ1) is 9.63. The molecule has 0 radical (unpaired) electrons. The van der Waals surface area contributed by atoms with Crippen molar-refractivity contribution in [2.75, 3.05) is 0 Å². The van der Waals surface area contributed by atoms with E-state index in [1.807, 2.05) is 37.3 Å². The number of aromatic nitrogens is 2. The van der Waals surface area contributed by atoms with Crippen LogP contribution in [0.5, 0.6) is 11.6 Å². The Hall–Kier alpha value is -1.65. The van der Waals surface area contributed by atoms with Gasteiger partial charge in [0, 0.05) is 21.7 Å². The summed E-state index contributed by atoms with van der Waals surface area (Å²) >= 11 is 9.44. The van der Waals surface area contributed by atoms with E-state index < -0.39 is 0 Å². The summed E-state index contributed by atoms with van der Waals surface area (Å²) in [6, 6.07) is 11.5. The summed E-state index contributed by atoms with van der Waals surface area (Å²) in [6.07, 6.45) is 1.64. The highest BCUT2D eigenvalue weighted by Crippen LogP contribution is 2.32. The minimum atomic E-state index is 0.366. The Morgan fingerprint density at radius 3 is 2.85 bits per heavy atom. The molecule has 0 saturated heterocycles. The van der Waals surface area contributed by atoms with Gasteiger partial charge in [-0.25, -0.2) is 9.97 Å². The number of halogens is 2. The molecule has 0 aliphatic rings. The van der Waals surface area contributed by atoms with Crippen LogP contribution in [0.3, 0.4) is 0 Å². The standard InChI is InChI=1S/C15H10BrClN2O/c1-9-5-6-10-3-2-4-13(14(10)19-9)20-15-12(17)7-11(16)8-18-15/h2-8H,1H3. The van der Waals surface area contributed by atoms with Crippen LogP contribution in [0.2, 0.25) is 5.02 Å². The Labute approximate surface area is 129 Å². The van der Waals surface area contributed by atoms with Gasteiger partial charge in [-0.3, -0.25) is 0 Å². The van der Waals surface area contributed by atoms with Gasteiger partial charge in [0.2, 0.25) is 5.88 Å². The quantitative estimate of drug-likeness (QED) is 0.642.